The molecule has 1 heteroatoms. The van der Waals surface area contributed by atoms with E-state index in [-0.39, 0.29) is 0 Å². The first-order valence-corrected chi connectivity index (χ1v) is 6.91. The number of rotatable bonds is 1. The molecule has 1 aliphatic heterocycles. The van der Waals surface area contributed by atoms with E-state index in [1.165, 1.54) is 25.9 Å². The van der Waals surface area contributed by atoms with Gasteiger partial charge >= 0.3 is 0 Å². The average molecular weight is 223 g/mol. The molecule has 1 heterocycles. The molecule has 0 radical (unpaired) electrons. The molecule has 94 valence electrons. The quantitative estimate of drug-likeness (QED) is 0.654. The van der Waals surface area contributed by atoms with E-state index in [1.807, 2.05) is 0 Å². The molecule has 0 bridgehead atoms. The number of likely N-dealkylation sites (tertiary alicyclic amines) is 1. The summed E-state index contributed by atoms with van der Waals surface area (Å²) in [6.07, 6.45) is 2.93. The highest BCUT2D eigenvalue weighted by atomic mass is 15.2. The number of hydrogen-bond donors (Lipinski definition) is 0. The molecule has 3 atom stereocenters. The molecule has 1 aliphatic carbocycles. The second-order valence-corrected chi connectivity index (χ2v) is 8.35. The van der Waals surface area contributed by atoms with Crippen molar-refractivity contribution in [3.05, 3.63) is 0 Å². The van der Waals surface area contributed by atoms with E-state index in [1.54, 1.807) is 0 Å². The lowest BCUT2D eigenvalue weighted by Crippen LogP contribution is -2.55. The maximum atomic E-state index is 2.73. The first kappa shape index (κ1) is 12.4. The minimum absolute atomic E-state index is 0.463. The van der Waals surface area contributed by atoms with Crippen molar-refractivity contribution in [2.45, 2.75) is 60.4 Å². The molecule has 1 saturated heterocycles. The highest BCUT2D eigenvalue weighted by molar-refractivity contribution is 5.02. The van der Waals surface area contributed by atoms with Crippen molar-refractivity contribution in [2.75, 3.05) is 13.1 Å². The molecule has 0 aromatic carbocycles. The molecular formula is C15H29N. The van der Waals surface area contributed by atoms with Gasteiger partial charge in [0.15, 0.2) is 0 Å². The van der Waals surface area contributed by atoms with Gasteiger partial charge in [-0.2, -0.15) is 0 Å². The fourth-order valence-corrected chi connectivity index (χ4v) is 3.54. The van der Waals surface area contributed by atoms with Gasteiger partial charge in [-0.3, -0.25) is 4.90 Å². The second-order valence-electron chi connectivity index (χ2n) is 8.35. The van der Waals surface area contributed by atoms with Crippen LogP contribution in [0.4, 0.5) is 0 Å². The van der Waals surface area contributed by atoms with Crippen molar-refractivity contribution in [1.29, 1.82) is 0 Å². The molecule has 2 rings (SSSR count). The van der Waals surface area contributed by atoms with Gasteiger partial charge in [-0.25, -0.2) is 0 Å². The van der Waals surface area contributed by atoms with E-state index in [2.05, 4.69) is 46.4 Å². The fraction of sp³-hybridized carbons (Fsp3) is 1.00. The van der Waals surface area contributed by atoms with E-state index in [0.717, 1.165) is 17.9 Å². The zero-order chi connectivity index (χ0) is 12.1. The zero-order valence-electron chi connectivity index (χ0n) is 12.0. The van der Waals surface area contributed by atoms with Crippen molar-refractivity contribution in [1.82, 2.24) is 4.90 Å². The molecule has 0 aromatic heterocycles. The SMILES string of the molecule is CC(C)(C)CN1CC2CC(C(C)(C)C)CC21. The van der Waals surface area contributed by atoms with E-state index >= 15 is 0 Å². The lowest BCUT2D eigenvalue weighted by Gasteiger charge is -2.47. The minimum Gasteiger partial charge on any atom is -0.299 e. The molecule has 16 heavy (non-hydrogen) atoms. The Morgan fingerprint density at radius 2 is 1.62 bits per heavy atom. The summed E-state index contributed by atoms with van der Waals surface area (Å²) in [5, 5.41) is 0. The van der Waals surface area contributed by atoms with Crippen molar-refractivity contribution in [2.24, 2.45) is 22.7 Å². The molecule has 0 amide bonds. The lowest BCUT2D eigenvalue weighted by molar-refractivity contribution is 0.0101. The van der Waals surface area contributed by atoms with Crippen LogP contribution < -0.4 is 0 Å². The van der Waals surface area contributed by atoms with Crippen molar-refractivity contribution in [3.63, 3.8) is 0 Å². The third-order valence-corrected chi connectivity index (χ3v) is 4.50. The van der Waals surface area contributed by atoms with Gasteiger partial charge in [-0.1, -0.05) is 41.5 Å². The number of fused-ring (bicyclic) bond motifs is 1. The van der Waals surface area contributed by atoms with Crippen LogP contribution in [0.1, 0.15) is 54.4 Å². The van der Waals surface area contributed by atoms with Gasteiger partial charge in [0.2, 0.25) is 0 Å². The standard InChI is InChI=1S/C15H29N/c1-14(2,3)10-16-9-11-7-12(8-13(11)16)15(4,5)6/h11-13H,7-10H2,1-6H3. The van der Waals surface area contributed by atoms with Gasteiger partial charge in [-0.15, -0.1) is 0 Å². The third kappa shape index (κ3) is 2.45. The van der Waals surface area contributed by atoms with E-state index in [4.69, 9.17) is 0 Å². The molecule has 1 nitrogen and oxygen atoms in total. The first-order chi connectivity index (χ1) is 7.17. The topological polar surface area (TPSA) is 3.24 Å². The number of nitrogens with zero attached hydrogens (tertiary/aromatic N) is 1. The Hall–Kier alpha value is -0.0400. The lowest BCUT2D eigenvalue weighted by atomic mass is 9.79. The van der Waals surface area contributed by atoms with Gasteiger partial charge in [0, 0.05) is 19.1 Å². The molecule has 0 spiro atoms. The maximum Gasteiger partial charge on any atom is 0.0139 e. The summed E-state index contributed by atoms with van der Waals surface area (Å²) < 4.78 is 0. The summed E-state index contributed by atoms with van der Waals surface area (Å²) in [4.78, 5) is 2.73. The summed E-state index contributed by atoms with van der Waals surface area (Å²) in [6, 6.07) is 0.920. The Morgan fingerprint density at radius 3 is 2.12 bits per heavy atom. The molecular weight excluding hydrogens is 194 g/mol. The number of hydrogen-bond acceptors (Lipinski definition) is 1. The third-order valence-electron chi connectivity index (χ3n) is 4.50. The highest BCUT2D eigenvalue weighted by Crippen LogP contribution is 2.49. The van der Waals surface area contributed by atoms with Gasteiger partial charge < -0.3 is 0 Å². The van der Waals surface area contributed by atoms with Crippen molar-refractivity contribution < 1.29 is 0 Å². The summed E-state index contributed by atoms with van der Waals surface area (Å²) in [5.41, 5.74) is 0.982. The van der Waals surface area contributed by atoms with E-state index in [9.17, 15) is 0 Å². The van der Waals surface area contributed by atoms with Crippen LogP contribution in [0.2, 0.25) is 0 Å². The smallest absolute Gasteiger partial charge is 0.0139 e. The van der Waals surface area contributed by atoms with Crippen LogP contribution in [0.5, 0.6) is 0 Å². The van der Waals surface area contributed by atoms with Crippen LogP contribution in [0.15, 0.2) is 0 Å². The van der Waals surface area contributed by atoms with Crippen LogP contribution in [-0.2, 0) is 0 Å². The first-order valence-electron chi connectivity index (χ1n) is 6.91. The predicted molar refractivity (Wildman–Crippen MR) is 70.5 cm³/mol. The molecule has 3 unspecified atom stereocenters. The fourth-order valence-electron chi connectivity index (χ4n) is 3.54. The molecule has 0 aromatic rings. The summed E-state index contributed by atoms with van der Waals surface area (Å²) in [5.74, 6) is 1.97. The Morgan fingerprint density at radius 1 is 1.00 bits per heavy atom. The monoisotopic (exact) mass is 223 g/mol. The molecule has 0 N–H and O–H groups in total. The average Bonchev–Trinajstić information content (AvgIpc) is 2.36. The maximum absolute atomic E-state index is 2.73. The summed E-state index contributed by atoms with van der Waals surface area (Å²) >= 11 is 0. The van der Waals surface area contributed by atoms with Crippen LogP contribution >= 0.6 is 0 Å². The normalized spacial score (nSPS) is 36.0. The summed E-state index contributed by atoms with van der Waals surface area (Å²) in [6.45, 7) is 17.0. The zero-order valence-corrected chi connectivity index (χ0v) is 12.0. The molecule has 1 saturated carbocycles. The van der Waals surface area contributed by atoms with E-state index < -0.39 is 0 Å². The van der Waals surface area contributed by atoms with Crippen LogP contribution in [0.3, 0.4) is 0 Å². The summed E-state index contributed by atoms with van der Waals surface area (Å²) in [7, 11) is 0. The molecule has 2 aliphatic rings. The Labute approximate surface area is 102 Å². The van der Waals surface area contributed by atoms with Gasteiger partial charge in [-0.05, 0) is 35.5 Å². The van der Waals surface area contributed by atoms with Crippen LogP contribution in [-0.4, -0.2) is 24.0 Å². The molecule has 2 fully saturated rings. The van der Waals surface area contributed by atoms with Crippen LogP contribution in [0, 0.1) is 22.7 Å². The Bertz CT molecular complexity index is 256. The Balaban J connectivity index is 1.90. The highest BCUT2D eigenvalue weighted by Gasteiger charge is 2.49. The van der Waals surface area contributed by atoms with Gasteiger partial charge in [0.05, 0.1) is 0 Å². The van der Waals surface area contributed by atoms with E-state index in [0.29, 0.717) is 10.8 Å². The van der Waals surface area contributed by atoms with Gasteiger partial charge in [0.1, 0.15) is 0 Å². The predicted octanol–water partition coefficient (Wildman–Crippen LogP) is 3.79. The Kier molecular flexibility index (Phi) is 2.89. The van der Waals surface area contributed by atoms with Crippen molar-refractivity contribution in [3.8, 4) is 0 Å². The second kappa shape index (κ2) is 3.73. The van der Waals surface area contributed by atoms with Crippen molar-refractivity contribution >= 4 is 0 Å². The van der Waals surface area contributed by atoms with Gasteiger partial charge in [0.25, 0.3) is 0 Å². The van der Waals surface area contributed by atoms with Crippen LogP contribution in [0.25, 0.3) is 0 Å². The largest absolute Gasteiger partial charge is 0.299 e. The minimum atomic E-state index is 0.463.